The maximum Gasteiger partial charge on any atom is 0.281 e. The molecule has 0 aliphatic carbocycles. The molecule has 3 rings (SSSR count). The van der Waals surface area contributed by atoms with Crippen LogP contribution in [0.25, 0.3) is 10.9 Å². The Hall–Kier alpha value is -3.57. The minimum absolute atomic E-state index is 0.0322. The van der Waals surface area contributed by atoms with E-state index < -0.39 is 11.4 Å². The average Bonchev–Trinajstić information content (AvgIpc) is 2.68. The van der Waals surface area contributed by atoms with Crippen molar-refractivity contribution in [2.75, 3.05) is 6.61 Å². The van der Waals surface area contributed by atoms with Crippen LogP contribution in [0.4, 0.5) is 11.4 Å². The molecule has 0 atom stereocenters. The van der Waals surface area contributed by atoms with Crippen LogP contribution in [0, 0.1) is 18.3 Å². The fourth-order valence-electron chi connectivity index (χ4n) is 2.77. The van der Waals surface area contributed by atoms with Gasteiger partial charge in [0, 0.05) is 30.3 Å². The molecule has 8 nitrogen and oxygen atoms in total. The van der Waals surface area contributed by atoms with Gasteiger partial charge in [-0.1, -0.05) is 18.2 Å². The van der Waals surface area contributed by atoms with Crippen molar-refractivity contribution in [3.05, 3.63) is 58.0 Å². The Labute approximate surface area is 154 Å². The van der Waals surface area contributed by atoms with Crippen LogP contribution in [0.2, 0.25) is 0 Å². The fraction of sp³-hybridized carbons (Fsp3) is 0.211. The Morgan fingerprint density at radius 1 is 1.26 bits per heavy atom. The normalized spacial score (nSPS) is 11.1. The smallest absolute Gasteiger partial charge is 0.281 e. The predicted molar refractivity (Wildman–Crippen MR) is 99.4 cm³/mol. The first-order valence-corrected chi connectivity index (χ1v) is 8.31. The van der Waals surface area contributed by atoms with Crippen molar-refractivity contribution < 1.29 is 10.2 Å². The van der Waals surface area contributed by atoms with E-state index in [1.807, 2.05) is 30.3 Å². The van der Waals surface area contributed by atoms with Crippen LogP contribution in [0.1, 0.15) is 17.5 Å². The van der Waals surface area contributed by atoms with Gasteiger partial charge in [-0.25, -0.2) is 0 Å². The van der Waals surface area contributed by atoms with Crippen molar-refractivity contribution in [2.24, 2.45) is 10.2 Å². The van der Waals surface area contributed by atoms with Crippen molar-refractivity contribution in [1.82, 2.24) is 9.55 Å². The molecule has 2 heterocycles. The molecule has 0 bridgehead atoms. The van der Waals surface area contributed by atoms with Gasteiger partial charge in [0.2, 0.25) is 5.88 Å². The Morgan fingerprint density at radius 3 is 2.78 bits per heavy atom. The zero-order valence-electron chi connectivity index (χ0n) is 14.6. The minimum Gasteiger partial charge on any atom is -0.493 e. The lowest BCUT2D eigenvalue weighted by Gasteiger charge is -2.12. The van der Waals surface area contributed by atoms with E-state index in [1.165, 1.54) is 6.92 Å². The number of hydrogen-bond donors (Lipinski definition) is 2. The summed E-state index contributed by atoms with van der Waals surface area (Å²) in [5, 5.41) is 37.7. The highest BCUT2D eigenvalue weighted by molar-refractivity contribution is 5.88. The predicted octanol–water partition coefficient (Wildman–Crippen LogP) is 3.08. The largest absolute Gasteiger partial charge is 0.493 e. The van der Waals surface area contributed by atoms with E-state index in [0.29, 0.717) is 11.2 Å². The van der Waals surface area contributed by atoms with Crippen molar-refractivity contribution >= 4 is 22.3 Å². The van der Waals surface area contributed by atoms with Crippen molar-refractivity contribution in [2.45, 2.75) is 19.9 Å². The number of pyridine rings is 2. The first-order valence-electron chi connectivity index (χ1n) is 8.31. The quantitative estimate of drug-likeness (QED) is 0.674. The zero-order chi connectivity index (χ0) is 19.4. The highest BCUT2D eigenvalue weighted by Gasteiger charge is 2.19. The molecule has 0 unspecified atom stereocenters. The van der Waals surface area contributed by atoms with E-state index in [1.54, 1.807) is 12.3 Å². The maximum atomic E-state index is 12.7. The van der Waals surface area contributed by atoms with Gasteiger partial charge >= 0.3 is 0 Å². The van der Waals surface area contributed by atoms with E-state index in [-0.39, 0.29) is 36.4 Å². The third kappa shape index (κ3) is 3.41. The molecule has 8 heteroatoms. The summed E-state index contributed by atoms with van der Waals surface area (Å²) in [6, 6.07) is 11.0. The lowest BCUT2D eigenvalue weighted by atomic mass is 10.1. The second-order valence-electron chi connectivity index (χ2n) is 5.87. The lowest BCUT2D eigenvalue weighted by molar-refractivity contribution is 0.274. The summed E-state index contributed by atoms with van der Waals surface area (Å²) >= 11 is 0. The minimum atomic E-state index is -0.575. The first kappa shape index (κ1) is 18.2. The Balaban J connectivity index is 2.15. The molecule has 0 saturated carbocycles. The second kappa shape index (κ2) is 7.76. The lowest BCUT2D eigenvalue weighted by Crippen LogP contribution is -2.22. The summed E-state index contributed by atoms with van der Waals surface area (Å²) in [6.45, 7) is 1.44. The average molecular weight is 363 g/mol. The van der Waals surface area contributed by atoms with Gasteiger partial charge in [-0.3, -0.25) is 14.3 Å². The molecule has 136 valence electrons. The summed E-state index contributed by atoms with van der Waals surface area (Å²) in [5.41, 5.74) is 0.723. The van der Waals surface area contributed by atoms with Gasteiger partial charge in [0.05, 0.1) is 5.52 Å². The van der Waals surface area contributed by atoms with Gasteiger partial charge in [-0.15, -0.1) is 10.2 Å². The van der Waals surface area contributed by atoms with Gasteiger partial charge < -0.3 is 10.2 Å². The van der Waals surface area contributed by atoms with E-state index in [9.17, 15) is 15.2 Å². The van der Waals surface area contributed by atoms with E-state index in [2.05, 4.69) is 15.2 Å². The number of para-hydroxylation sites is 1. The highest BCUT2D eigenvalue weighted by Crippen LogP contribution is 2.29. The van der Waals surface area contributed by atoms with E-state index in [0.717, 1.165) is 9.95 Å². The standard InChI is InChI=1S/C19H17N5O3/c1-12-14(11-20)18(26)24(9-4-10-25)19(27)16(12)23-22-15-7-2-5-13-6-3-8-21-17(13)15/h2-3,5-8,25-26H,4,9-10H2,1H3. The van der Waals surface area contributed by atoms with Crippen molar-refractivity contribution in [3.8, 4) is 11.9 Å². The van der Waals surface area contributed by atoms with E-state index in [4.69, 9.17) is 5.11 Å². The molecule has 0 aliphatic rings. The number of fused-ring (bicyclic) bond motifs is 1. The summed E-state index contributed by atoms with van der Waals surface area (Å²) in [5.74, 6) is -0.431. The molecule has 0 amide bonds. The van der Waals surface area contributed by atoms with Crippen molar-refractivity contribution in [3.63, 3.8) is 0 Å². The number of nitriles is 1. The summed E-state index contributed by atoms with van der Waals surface area (Å²) < 4.78 is 1.03. The number of hydrogen-bond acceptors (Lipinski definition) is 7. The first-order chi connectivity index (χ1) is 13.1. The molecule has 1 aromatic carbocycles. The number of nitrogens with zero attached hydrogens (tertiary/aromatic N) is 5. The van der Waals surface area contributed by atoms with Crippen LogP contribution in [0.5, 0.6) is 5.88 Å². The van der Waals surface area contributed by atoms with Crippen LogP contribution in [-0.2, 0) is 6.54 Å². The van der Waals surface area contributed by atoms with Crippen molar-refractivity contribution in [1.29, 1.82) is 5.26 Å². The Morgan fingerprint density at radius 2 is 2.04 bits per heavy atom. The number of aliphatic hydroxyl groups is 1. The topological polar surface area (TPSA) is 124 Å². The van der Waals surface area contributed by atoms with Crippen LogP contribution >= 0.6 is 0 Å². The molecule has 2 N–H and O–H groups in total. The van der Waals surface area contributed by atoms with Gasteiger partial charge in [0.1, 0.15) is 17.3 Å². The van der Waals surface area contributed by atoms with Crippen LogP contribution in [0.15, 0.2) is 51.6 Å². The summed E-state index contributed by atoms with van der Waals surface area (Å²) in [7, 11) is 0. The molecule has 0 fully saturated rings. The molecule has 0 saturated heterocycles. The number of aromatic nitrogens is 2. The highest BCUT2D eigenvalue weighted by atomic mass is 16.3. The monoisotopic (exact) mass is 363 g/mol. The van der Waals surface area contributed by atoms with E-state index >= 15 is 0 Å². The van der Waals surface area contributed by atoms with Gasteiger partial charge in [0.15, 0.2) is 5.69 Å². The molecule has 0 spiro atoms. The molecule has 0 aliphatic heterocycles. The molecule has 27 heavy (non-hydrogen) atoms. The van der Waals surface area contributed by atoms with Crippen LogP contribution in [-0.4, -0.2) is 26.4 Å². The van der Waals surface area contributed by atoms with Gasteiger partial charge in [-0.2, -0.15) is 5.26 Å². The van der Waals surface area contributed by atoms with Crippen LogP contribution in [0.3, 0.4) is 0 Å². The molecule has 0 radical (unpaired) electrons. The number of aromatic hydroxyl groups is 1. The Bertz CT molecular complexity index is 1120. The molecule has 2 aromatic heterocycles. The molecule has 3 aromatic rings. The second-order valence-corrected chi connectivity index (χ2v) is 5.87. The Kier molecular flexibility index (Phi) is 5.24. The fourth-order valence-corrected chi connectivity index (χ4v) is 2.77. The number of rotatable bonds is 5. The zero-order valence-corrected chi connectivity index (χ0v) is 14.6. The van der Waals surface area contributed by atoms with Gasteiger partial charge in [-0.05, 0) is 25.5 Å². The SMILES string of the molecule is Cc1c(C#N)c(O)n(CCCO)c(=O)c1N=Nc1cccc2cccnc12. The van der Waals surface area contributed by atoms with Crippen LogP contribution < -0.4 is 5.56 Å². The third-order valence-corrected chi connectivity index (χ3v) is 4.18. The maximum absolute atomic E-state index is 12.7. The third-order valence-electron chi connectivity index (χ3n) is 4.18. The molecular formula is C19H17N5O3. The summed E-state index contributed by atoms with van der Waals surface area (Å²) in [6.07, 6.45) is 1.90. The van der Waals surface area contributed by atoms with Gasteiger partial charge in [0.25, 0.3) is 5.56 Å². The summed E-state index contributed by atoms with van der Waals surface area (Å²) in [4.78, 5) is 17.0. The number of azo groups is 1. The number of aliphatic hydroxyl groups excluding tert-OH is 1. The molecular weight excluding hydrogens is 346 g/mol. The number of benzene rings is 1.